The molecule has 2 saturated heterocycles. The van der Waals surface area contributed by atoms with Crippen molar-refractivity contribution < 1.29 is 9.59 Å². The van der Waals surface area contributed by atoms with Crippen LogP contribution in [0.25, 0.3) is 0 Å². The fourth-order valence-corrected chi connectivity index (χ4v) is 3.91. The maximum atomic E-state index is 12.0. The molecule has 0 saturated carbocycles. The maximum Gasteiger partial charge on any atom is 0.225 e. The maximum absolute atomic E-state index is 12.0. The molecule has 2 aliphatic rings. The molecule has 1 aromatic heterocycles. The van der Waals surface area contributed by atoms with Gasteiger partial charge in [0.05, 0.1) is 0 Å². The minimum Gasteiger partial charge on any atom is -0.345 e. The third-order valence-corrected chi connectivity index (χ3v) is 5.27. The second kappa shape index (κ2) is 8.38. The summed E-state index contributed by atoms with van der Waals surface area (Å²) in [6.07, 6.45) is 7.32. The smallest absolute Gasteiger partial charge is 0.225 e. The van der Waals surface area contributed by atoms with Gasteiger partial charge in [-0.2, -0.15) is 0 Å². The number of rotatable bonds is 6. The Hall–Kier alpha value is -2.02. The van der Waals surface area contributed by atoms with Crippen molar-refractivity contribution in [1.82, 2.24) is 19.8 Å². The van der Waals surface area contributed by atoms with E-state index in [2.05, 4.69) is 19.8 Å². The molecule has 0 bridgehead atoms. The lowest BCUT2D eigenvalue weighted by Crippen LogP contribution is -2.57. The zero-order chi connectivity index (χ0) is 17.6. The molecule has 3 heterocycles. The van der Waals surface area contributed by atoms with Crippen LogP contribution >= 0.6 is 0 Å². The van der Waals surface area contributed by atoms with E-state index in [9.17, 15) is 9.59 Å². The summed E-state index contributed by atoms with van der Waals surface area (Å²) in [6, 6.07) is 2.39. The Morgan fingerprint density at radius 1 is 1.28 bits per heavy atom. The predicted molar refractivity (Wildman–Crippen MR) is 95.3 cm³/mol. The highest BCUT2D eigenvalue weighted by molar-refractivity contribution is 5.78. The Morgan fingerprint density at radius 2 is 2.08 bits per heavy atom. The number of hydrogen-bond donors (Lipinski definition) is 0. The largest absolute Gasteiger partial charge is 0.345 e. The molecule has 0 aromatic carbocycles. The van der Waals surface area contributed by atoms with Crippen molar-refractivity contribution in [3.63, 3.8) is 0 Å². The number of carbonyl (C=O) groups excluding carboxylic acids is 2. The molecule has 25 heavy (non-hydrogen) atoms. The number of fused-ring (bicyclic) bond motifs is 1. The van der Waals surface area contributed by atoms with Crippen molar-refractivity contribution >= 4 is 18.1 Å². The number of hydrogen-bond acceptors (Lipinski definition) is 6. The van der Waals surface area contributed by atoms with Crippen LogP contribution < -0.4 is 4.90 Å². The van der Waals surface area contributed by atoms with E-state index in [1.807, 2.05) is 13.1 Å². The van der Waals surface area contributed by atoms with Crippen molar-refractivity contribution in [3.05, 3.63) is 18.5 Å². The van der Waals surface area contributed by atoms with Crippen LogP contribution in [-0.4, -0.2) is 77.8 Å². The summed E-state index contributed by atoms with van der Waals surface area (Å²) in [5, 5.41) is 0. The van der Waals surface area contributed by atoms with Crippen molar-refractivity contribution in [1.29, 1.82) is 0 Å². The van der Waals surface area contributed by atoms with Gasteiger partial charge in [0, 0.05) is 71.0 Å². The topological polar surface area (TPSA) is 69.6 Å². The van der Waals surface area contributed by atoms with Gasteiger partial charge in [0.1, 0.15) is 6.29 Å². The van der Waals surface area contributed by atoms with Crippen LogP contribution in [0.2, 0.25) is 0 Å². The Morgan fingerprint density at radius 3 is 2.84 bits per heavy atom. The normalized spacial score (nSPS) is 23.8. The highest BCUT2D eigenvalue weighted by atomic mass is 16.2. The summed E-state index contributed by atoms with van der Waals surface area (Å²) in [6.45, 7) is 4.76. The molecule has 0 spiro atoms. The number of carbonyl (C=O) groups is 2. The number of nitrogens with zero attached hydrogens (tertiary/aromatic N) is 5. The monoisotopic (exact) mass is 345 g/mol. The van der Waals surface area contributed by atoms with E-state index in [0.717, 1.165) is 57.8 Å². The third-order valence-electron chi connectivity index (χ3n) is 5.27. The summed E-state index contributed by atoms with van der Waals surface area (Å²) < 4.78 is 0. The molecule has 3 rings (SSSR count). The van der Waals surface area contributed by atoms with Gasteiger partial charge in [0.2, 0.25) is 11.9 Å². The van der Waals surface area contributed by atoms with E-state index in [4.69, 9.17) is 0 Å². The summed E-state index contributed by atoms with van der Waals surface area (Å²) in [4.78, 5) is 37.8. The molecule has 0 radical (unpaired) electrons. The van der Waals surface area contributed by atoms with E-state index >= 15 is 0 Å². The van der Waals surface area contributed by atoms with Gasteiger partial charge < -0.3 is 14.6 Å². The molecule has 0 N–H and O–H groups in total. The van der Waals surface area contributed by atoms with Crippen LogP contribution in [0, 0.1) is 5.92 Å². The molecule has 2 atom stereocenters. The average molecular weight is 345 g/mol. The molecule has 0 unspecified atom stereocenters. The quantitative estimate of drug-likeness (QED) is 0.711. The molecule has 1 amide bonds. The van der Waals surface area contributed by atoms with Gasteiger partial charge in [-0.15, -0.1) is 0 Å². The van der Waals surface area contributed by atoms with Gasteiger partial charge in [0.25, 0.3) is 0 Å². The number of piperazine rings is 1. The van der Waals surface area contributed by atoms with E-state index in [-0.39, 0.29) is 5.91 Å². The highest BCUT2D eigenvalue weighted by Gasteiger charge is 2.34. The lowest BCUT2D eigenvalue weighted by atomic mass is 9.90. The number of aldehydes is 1. The van der Waals surface area contributed by atoms with Gasteiger partial charge in [-0.05, 0) is 24.8 Å². The van der Waals surface area contributed by atoms with E-state index in [1.54, 1.807) is 17.3 Å². The molecular weight excluding hydrogens is 318 g/mol. The van der Waals surface area contributed by atoms with Crippen molar-refractivity contribution in [2.24, 2.45) is 5.92 Å². The minimum absolute atomic E-state index is 0.0697. The lowest BCUT2D eigenvalue weighted by molar-refractivity contribution is -0.131. The van der Waals surface area contributed by atoms with Crippen LogP contribution in [0.3, 0.4) is 0 Å². The lowest BCUT2D eigenvalue weighted by Gasteiger charge is -2.46. The molecule has 1 aromatic rings. The molecule has 7 heteroatoms. The number of aromatic nitrogens is 2. The predicted octanol–water partition coefficient (Wildman–Crippen LogP) is 0.815. The second-order valence-electron chi connectivity index (χ2n) is 7.07. The van der Waals surface area contributed by atoms with Gasteiger partial charge in [0.15, 0.2) is 0 Å². The van der Waals surface area contributed by atoms with Crippen LogP contribution in [0.4, 0.5) is 5.95 Å². The minimum atomic E-state index is 0.0697. The van der Waals surface area contributed by atoms with Gasteiger partial charge in [-0.1, -0.05) is 0 Å². The van der Waals surface area contributed by atoms with Gasteiger partial charge >= 0.3 is 0 Å². The Bertz CT molecular complexity index is 582. The Balaban J connectivity index is 1.49. The number of amides is 1. The highest BCUT2D eigenvalue weighted by Crippen LogP contribution is 2.26. The van der Waals surface area contributed by atoms with Gasteiger partial charge in [-0.3, -0.25) is 9.69 Å². The number of anilines is 1. The first-order chi connectivity index (χ1) is 12.2. The SMILES string of the molecule is CN(C[C@H]1CC[C@H]2CN(c3ncccn3)CCN2C1)C(=O)CCC=O. The van der Waals surface area contributed by atoms with Crippen LogP contribution in [-0.2, 0) is 9.59 Å². The van der Waals surface area contributed by atoms with E-state index < -0.39 is 0 Å². The summed E-state index contributed by atoms with van der Waals surface area (Å²) in [5.74, 6) is 1.41. The number of piperidine rings is 1. The van der Waals surface area contributed by atoms with Crippen molar-refractivity contribution in [2.45, 2.75) is 31.7 Å². The fraction of sp³-hybridized carbons (Fsp3) is 0.667. The first kappa shape index (κ1) is 17.8. The summed E-state index contributed by atoms with van der Waals surface area (Å²) in [5.41, 5.74) is 0. The summed E-state index contributed by atoms with van der Waals surface area (Å²) in [7, 11) is 1.85. The molecule has 2 fully saturated rings. The van der Waals surface area contributed by atoms with E-state index in [0.29, 0.717) is 24.8 Å². The summed E-state index contributed by atoms with van der Waals surface area (Å²) >= 11 is 0. The second-order valence-corrected chi connectivity index (χ2v) is 7.07. The first-order valence-electron chi connectivity index (χ1n) is 9.11. The third kappa shape index (κ3) is 4.54. The van der Waals surface area contributed by atoms with Crippen molar-refractivity contribution in [3.8, 4) is 0 Å². The molecule has 136 valence electrons. The van der Waals surface area contributed by atoms with Crippen LogP contribution in [0.15, 0.2) is 18.5 Å². The zero-order valence-corrected chi connectivity index (χ0v) is 14.9. The average Bonchev–Trinajstić information content (AvgIpc) is 2.66. The fourth-order valence-electron chi connectivity index (χ4n) is 3.91. The van der Waals surface area contributed by atoms with Crippen LogP contribution in [0.1, 0.15) is 25.7 Å². The Labute approximate surface area is 149 Å². The van der Waals surface area contributed by atoms with Gasteiger partial charge in [-0.25, -0.2) is 9.97 Å². The standard InChI is InChI=1S/C18H27N5O2/c1-21(17(25)4-2-11-24)12-15-5-6-16-14-23(10-9-22(16)13-15)18-19-7-3-8-20-18/h3,7-8,11,15-16H,2,4-6,9-10,12-14H2,1H3/t15-,16+/m1/s1. The molecule has 7 nitrogen and oxygen atoms in total. The molecule has 2 aliphatic heterocycles. The molecular formula is C18H27N5O2. The van der Waals surface area contributed by atoms with Crippen LogP contribution in [0.5, 0.6) is 0 Å². The first-order valence-corrected chi connectivity index (χ1v) is 9.11. The van der Waals surface area contributed by atoms with Crippen molar-refractivity contribution in [2.75, 3.05) is 44.7 Å². The Kier molecular flexibility index (Phi) is 5.96. The molecule has 0 aliphatic carbocycles. The van der Waals surface area contributed by atoms with E-state index in [1.165, 1.54) is 0 Å². The zero-order valence-electron chi connectivity index (χ0n) is 14.9.